The number of halogens is 1. The quantitative estimate of drug-likeness (QED) is 0.709. The molecule has 96 valence electrons. The molecule has 0 heterocycles. The molecule has 0 radical (unpaired) electrons. The van der Waals surface area contributed by atoms with E-state index in [0.717, 1.165) is 18.6 Å². The third kappa shape index (κ3) is 5.15. The van der Waals surface area contributed by atoms with Gasteiger partial charge in [0.2, 0.25) is 0 Å². The molecule has 0 atom stereocenters. The van der Waals surface area contributed by atoms with E-state index in [1.807, 2.05) is 7.05 Å². The molecule has 1 aromatic carbocycles. The standard InChI is InChI=1S/C13H20FNO2/c1-3-6-16-7-8-17-13-5-4-12(14)9-11(13)10-15-2/h4-5,9,15H,3,6-8,10H2,1-2H3. The molecule has 0 saturated carbocycles. The van der Waals surface area contributed by atoms with Crippen molar-refractivity contribution in [3.8, 4) is 5.75 Å². The lowest BCUT2D eigenvalue weighted by Crippen LogP contribution is -2.11. The van der Waals surface area contributed by atoms with Gasteiger partial charge < -0.3 is 14.8 Å². The molecule has 0 fully saturated rings. The minimum atomic E-state index is -0.246. The Morgan fingerprint density at radius 1 is 1.24 bits per heavy atom. The fraction of sp³-hybridized carbons (Fsp3) is 0.538. The lowest BCUT2D eigenvalue weighted by atomic mass is 10.2. The summed E-state index contributed by atoms with van der Waals surface area (Å²) >= 11 is 0. The second kappa shape index (κ2) is 8.03. The number of ether oxygens (including phenoxy) is 2. The van der Waals surface area contributed by atoms with E-state index >= 15 is 0 Å². The van der Waals surface area contributed by atoms with Crippen LogP contribution in [0.4, 0.5) is 4.39 Å². The van der Waals surface area contributed by atoms with Crippen LogP contribution in [0.25, 0.3) is 0 Å². The normalized spacial score (nSPS) is 10.5. The Hall–Kier alpha value is -1.13. The van der Waals surface area contributed by atoms with E-state index in [4.69, 9.17) is 9.47 Å². The smallest absolute Gasteiger partial charge is 0.124 e. The van der Waals surface area contributed by atoms with Crippen molar-refractivity contribution in [2.45, 2.75) is 19.9 Å². The van der Waals surface area contributed by atoms with E-state index in [9.17, 15) is 4.39 Å². The van der Waals surface area contributed by atoms with Gasteiger partial charge in [0, 0.05) is 18.7 Å². The monoisotopic (exact) mass is 241 g/mol. The molecular formula is C13H20FNO2. The van der Waals surface area contributed by atoms with Gasteiger partial charge in [0.15, 0.2) is 0 Å². The maximum absolute atomic E-state index is 13.1. The Bertz CT molecular complexity index is 331. The molecular weight excluding hydrogens is 221 g/mol. The predicted octanol–water partition coefficient (Wildman–Crippen LogP) is 2.35. The van der Waals surface area contributed by atoms with Crippen LogP contribution in [-0.2, 0) is 11.3 Å². The van der Waals surface area contributed by atoms with Crippen molar-refractivity contribution < 1.29 is 13.9 Å². The second-order valence-electron chi connectivity index (χ2n) is 3.74. The molecule has 1 N–H and O–H groups in total. The van der Waals surface area contributed by atoms with Gasteiger partial charge in [0.05, 0.1) is 6.61 Å². The van der Waals surface area contributed by atoms with Gasteiger partial charge in [-0.25, -0.2) is 4.39 Å². The number of hydrogen-bond acceptors (Lipinski definition) is 3. The Morgan fingerprint density at radius 3 is 2.76 bits per heavy atom. The summed E-state index contributed by atoms with van der Waals surface area (Å²) in [6.45, 7) is 4.44. The molecule has 0 saturated heterocycles. The molecule has 1 aromatic rings. The van der Waals surface area contributed by atoms with Crippen LogP contribution in [0.2, 0.25) is 0 Å². The van der Waals surface area contributed by atoms with Crippen LogP contribution in [-0.4, -0.2) is 26.9 Å². The van der Waals surface area contributed by atoms with E-state index < -0.39 is 0 Å². The van der Waals surface area contributed by atoms with Crippen molar-refractivity contribution in [1.29, 1.82) is 0 Å². The summed E-state index contributed by atoms with van der Waals surface area (Å²) < 4.78 is 23.9. The third-order valence-electron chi connectivity index (χ3n) is 2.22. The first-order chi connectivity index (χ1) is 8.27. The first-order valence-corrected chi connectivity index (χ1v) is 5.91. The highest BCUT2D eigenvalue weighted by molar-refractivity contribution is 5.33. The molecule has 0 aromatic heterocycles. The summed E-state index contributed by atoms with van der Waals surface area (Å²) in [5, 5.41) is 2.98. The number of rotatable bonds is 8. The summed E-state index contributed by atoms with van der Waals surface area (Å²) in [6.07, 6.45) is 1.00. The Morgan fingerprint density at radius 2 is 2.06 bits per heavy atom. The highest BCUT2D eigenvalue weighted by Crippen LogP contribution is 2.19. The first-order valence-electron chi connectivity index (χ1n) is 5.91. The zero-order chi connectivity index (χ0) is 12.5. The Kier molecular flexibility index (Phi) is 6.58. The van der Waals surface area contributed by atoms with Gasteiger partial charge in [-0.05, 0) is 31.7 Å². The lowest BCUT2D eigenvalue weighted by molar-refractivity contribution is 0.100. The van der Waals surface area contributed by atoms with E-state index in [1.54, 1.807) is 6.07 Å². The average molecular weight is 241 g/mol. The van der Waals surface area contributed by atoms with Crippen molar-refractivity contribution in [2.75, 3.05) is 26.9 Å². The minimum absolute atomic E-state index is 0.246. The summed E-state index contributed by atoms with van der Waals surface area (Å²) in [4.78, 5) is 0. The van der Waals surface area contributed by atoms with Gasteiger partial charge in [-0.3, -0.25) is 0 Å². The molecule has 3 nitrogen and oxygen atoms in total. The minimum Gasteiger partial charge on any atom is -0.491 e. The van der Waals surface area contributed by atoms with Crippen LogP contribution in [0.3, 0.4) is 0 Å². The van der Waals surface area contributed by atoms with E-state index in [0.29, 0.717) is 25.5 Å². The Labute approximate surface area is 102 Å². The number of hydrogen-bond donors (Lipinski definition) is 1. The SMILES string of the molecule is CCCOCCOc1ccc(F)cc1CNC. The summed E-state index contributed by atoms with van der Waals surface area (Å²) in [7, 11) is 1.82. The van der Waals surface area contributed by atoms with Gasteiger partial charge in [-0.1, -0.05) is 6.92 Å². The van der Waals surface area contributed by atoms with Crippen molar-refractivity contribution >= 4 is 0 Å². The van der Waals surface area contributed by atoms with Crippen molar-refractivity contribution in [2.24, 2.45) is 0 Å². The highest BCUT2D eigenvalue weighted by Gasteiger charge is 2.04. The Balaban J connectivity index is 2.45. The van der Waals surface area contributed by atoms with E-state index in [1.165, 1.54) is 12.1 Å². The fourth-order valence-corrected chi connectivity index (χ4v) is 1.47. The highest BCUT2D eigenvalue weighted by atomic mass is 19.1. The molecule has 1 rings (SSSR count). The number of benzene rings is 1. The zero-order valence-corrected chi connectivity index (χ0v) is 10.5. The van der Waals surface area contributed by atoms with Gasteiger partial charge >= 0.3 is 0 Å². The van der Waals surface area contributed by atoms with Gasteiger partial charge in [0.25, 0.3) is 0 Å². The van der Waals surface area contributed by atoms with E-state index in [2.05, 4.69) is 12.2 Å². The number of nitrogens with one attached hydrogen (secondary N) is 1. The van der Waals surface area contributed by atoms with Crippen molar-refractivity contribution in [3.63, 3.8) is 0 Å². The topological polar surface area (TPSA) is 30.5 Å². The van der Waals surface area contributed by atoms with Crippen molar-refractivity contribution in [1.82, 2.24) is 5.32 Å². The van der Waals surface area contributed by atoms with Crippen molar-refractivity contribution in [3.05, 3.63) is 29.6 Å². The maximum atomic E-state index is 13.1. The van der Waals surface area contributed by atoms with Crippen LogP contribution in [0, 0.1) is 5.82 Å². The molecule has 0 aliphatic carbocycles. The van der Waals surface area contributed by atoms with Crippen LogP contribution >= 0.6 is 0 Å². The van der Waals surface area contributed by atoms with Crippen LogP contribution in [0.1, 0.15) is 18.9 Å². The zero-order valence-electron chi connectivity index (χ0n) is 10.5. The average Bonchev–Trinajstić information content (AvgIpc) is 2.32. The molecule has 0 bridgehead atoms. The van der Waals surface area contributed by atoms with Crippen LogP contribution < -0.4 is 10.1 Å². The van der Waals surface area contributed by atoms with Gasteiger partial charge in [-0.15, -0.1) is 0 Å². The molecule has 0 unspecified atom stereocenters. The third-order valence-corrected chi connectivity index (χ3v) is 2.22. The molecule has 0 aliphatic rings. The predicted molar refractivity (Wildman–Crippen MR) is 65.8 cm³/mol. The summed E-state index contributed by atoms with van der Waals surface area (Å²) in [5.74, 6) is 0.464. The fourth-order valence-electron chi connectivity index (χ4n) is 1.47. The largest absolute Gasteiger partial charge is 0.491 e. The first kappa shape index (κ1) is 13.9. The van der Waals surface area contributed by atoms with Gasteiger partial charge in [-0.2, -0.15) is 0 Å². The molecule has 17 heavy (non-hydrogen) atoms. The van der Waals surface area contributed by atoms with Gasteiger partial charge in [0.1, 0.15) is 18.2 Å². The second-order valence-corrected chi connectivity index (χ2v) is 3.74. The van der Waals surface area contributed by atoms with Crippen LogP contribution in [0.15, 0.2) is 18.2 Å². The summed E-state index contributed by atoms with van der Waals surface area (Å²) in [5.41, 5.74) is 0.822. The molecule has 4 heteroatoms. The summed E-state index contributed by atoms with van der Waals surface area (Å²) in [6, 6.07) is 4.54. The molecule has 0 aliphatic heterocycles. The van der Waals surface area contributed by atoms with Crippen LogP contribution in [0.5, 0.6) is 5.75 Å². The van der Waals surface area contributed by atoms with E-state index in [-0.39, 0.29) is 5.82 Å². The maximum Gasteiger partial charge on any atom is 0.124 e. The lowest BCUT2D eigenvalue weighted by Gasteiger charge is -2.11. The molecule has 0 amide bonds. The molecule has 0 spiro atoms.